The number of ether oxygens (including phenoxy) is 2. The molecule has 0 aliphatic rings. The highest BCUT2D eigenvalue weighted by Gasteiger charge is 1.81. The van der Waals surface area contributed by atoms with Gasteiger partial charge in [-0.3, -0.25) is 0 Å². The minimum atomic E-state index is 0.317. The average molecular weight is 128 g/mol. The Labute approximate surface area is 56.2 Å². The van der Waals surface area contributed by atoms with Gasteiger partial charge < -0.3 is 9.47 Å². The molecule has 52 valence electrons. The molecule has 0 bridgehead atoms. The average Bonchev–Trinajstić information content (AvgIpc) is 1.89. The van der Waals surface area contributed by atoms with Crippen molar-refractivity contribution in [3.05, 3.63) is 0 Å². The molecule has 0 rings (SSSR count). The molecule has 0 amide bonds. The van der Waals surface area contributed by atoms with Crippen molar-refractivity contribution in [3.63, 3.8) is 0 Å². The normalized spacial score (nSPS) is 8.89. The molecular formula is C7H12O2. The van der Waals surface area contributed by atoms with Gasteiger partial charge in [-0.05, 0) is 6.42 Å². The molecule has 0 fully saturated rings. The van der Waals surface area contributed by atoms with Crippen molar-refractivity contribution < 1.29 is 9.47 Å². The van der Waals surface area contributed by atoms with Crippen LogP contribution in [0.15, 0.2) is 0 Å². The summed E-state index contributed by atoms with van der Waals surface area (Å²) in [4.78, 5) is 0. The van der Waals surface area contributed by atoms with Crippen molar-refractivity contribution >= 4 is 0 Å². The highest BCUT2D eigenvalue weighted by atomic mass is 16.7. The fraction of sp³-hybridized carbons (Fsp3) is 0.714. The number of hydrogen-bond donors (Lipinski definition) is 0. The topological polar surface area (TPSA) is 18.5 Å². The van der Waals surface area contributed by atoms with Gasteiger partial charge in [0.05, 0.1) is 0 Å². The lowest BCUT2D eigenvalue weighted by Gasteiger charge is -1.99. The van der Waals surface area contributed by atoms with Crippen LogP contribution in [0.5, 0.6) is 0 Å². The first-order valence-electron chi connectivity index (χ1n) is 3.00. The molecule has 0 aromatic rings. The van der Waals surface area contributed by atoms with E-state index in [9.17, 15) is 0 Å². The van der Waals surface area contributed by atoms with Gasteiger partial charge in [0.15, 0.2) is 0 Å². The van der Waals surface area contributed by atoms with Gasteiger partial charge in [-0.1, -0.05) is 12.8 Å². The molecule has 0 aromatic carbocycles. The van der Waals surface area contributed by atoms with Gasteiger partial charge >= 0.3 is 0 Å². The Morgan fingerprint density at radius 1 is 1.44 bits per heavy atom. The van der Waals surface area contributed by atoms with Crippen LogP contribution in [0.3, 0.4) is 0 Å². The molecule has 0 spiro atoms. The fourth-order valence-corrected chi connectivity index (χ4v) is 0.363. The number of rotatable bonds is 5. The summed E-state index contributed by atoms with van der Waals surface area (Å²) in [6, 6.07) is 0. The quantitative estimate of drug-likeness (QED) is 0.312. The number of hydrogen-bond acceptors (Lipinski definition) is 2. The second-order valence-corrected chi connectivity index (χ2v) is 1.58. The van der Waals surface area contributed by atoms with Crippen molar-refractivity contribution in [2.45, 2.75) is 13.3 Å². The van der Waals surface area contributed by atoms with Crippen LogP contribution in [0.4, 0.5) is 0 Å². The van der Waals surface area contributed by atoms with Crippen molar-refractivity contribution in [1.82, 2.24) is 0 Å². The molecule has 0 aliphatic heterocycles. The first-order valence-corrected chi connectivity index (χ1v) is 3.00. The summed E-state index contributed by atoms with van der Waals surface area (Å²) in [5.41, 5.74) is 0. The predicted molar refractivity (Wildman–Crippen MR) is 35.9 cm³/mol. The molecule has 0 N–H and O–H groups in total. The van der Waals surface area contributed by atoms with Crippen LogP contribution in [-0.2, 0) is 9.47 Å². The third-order valence-corrected chi connectivity index (χ3v) is 0.701. The van der Waals surface area contributed by atoms with Crippen LogP contribution in [0, 0.1) is 12.3 Å². The zero-order valence-corrected chi connectivity index (χ0v) is 5.72. The van der Waals surface area contributed by atoms with E-state index in [1.54, 1.807) is 0 Å². The molecular weight excluding hydrogens is 116 g/mol. The van der Waals surface area contributed by atoms with Gasteiger partial charge in [-0.2, -0.15) is 0 Å². The Balaban J connectivity index is 2.69. The van der Waals surface area contributed by atoms with Gasteiger partial charge in [0.1, 0.15) is 13.4 Å². The second-order valence-electron chi connectivity index (χ2n) is 1.58. The molecule has 9 heavy (non-hydrogen) atoms. The van der Waals surface area contributed by atoms with Gasteiger partial charge in [-0.15, -0.1) is 6.42 Å². The van der Waals surface area contributed by atoms with Gasteiger partial charge in [0, 0.05) is 6.61 Å². The van der Waals surface area contributed by atoms with Crippen LogP contribution in [0.2, 0.25) is 0 Å². The first-order chi connectivity index (χ1) is 4.41. The van der Waals surface area contributed by atoms with E-state index in [1.165, 1.54) is 0 Å². The lowest BCUT2D eigenvalue weighted by atomic mass is 10.5. The van der Waals surface area contributed by atoms with Crippen LogP contribution < -0.4 is 0 Å². The standard InChI is InChI=1S/C7H12O2/c1-3-5-8-7-9-6-4-2/h1H,4-7H2,2H3. The van der Waals surface area contributed by atoms with Crippen molar-refractivity contribution in [1.29, 1.82) is 0 Å². The second kappa shape index (κ2) is 7.48. The third-order valence-electron chi connectivity index (χ3n) is 0.701. The van der Waals surface area contributed by atoms with E-state index in [4.69, 9.17) is 15.9 Å². The van der Waals surface area contributed by atoms with Crippen LogP contribution in [0.1, 0.15) is 13.3 Å². The van der Waals surface area contributed by atoms with Crippen LogP contribution in [-0.4, -0.2) is 20.0 Å². The minimum Gasteiger partial charge on any atom is -0.355 e. The molecule has 0 aromatic heterocycles. The summed E-state index contributed by atoms with van der Waals surface area (Å²) >= 11 is 0. The van der Waals surface area contributed by atoms with E-state index in [2.05, 4.69) is 5.92 Å². The Hall–Kier alpha value is -0.520. The zero-order chi connectivity index (χ0) is 6.95. The minimum absolute atomic E-state index is 0.317. The third kappa shape index (κ3) is 7.48. The highest BCUT2D eigenvalue weighted by molar-refractivity contribution is 4.82. The van der Waals surface area contributed by atoms with E-state index in [0.29, 0.717) is 13.4 Å². The molecule has 0 saturated carbocycles. The summed E-state index contributed by atoms with van der Waals surface area (Å²) < 4.78 is 9.79. The van der Waals surface area contributed by atoms with E-state index in [0.717, 1.165) is 13.0 Å². The lowest BCUT2D eigenvalue weighted by molar-refractivity contribution is -0.0417. The SMILES string of the molecule is C#CCOCOCCC. The molecule has 0 unspecified atom stereocenters. The summed E-state index contributed by atoms with van der Waals surface area (Å²) in [5, 5.41) is 0. The Morgan fingerprint density at radius 3 is 2.78 bits per heavy atom. The molecule has 0 aliphatic carbocycles. The maximum Gasteiger partial charge on any atom is 0.148 e. The van der Waals surface area contributed by atoms with E-state index < -0.39 is 0 Å². The number of terminal acetylenes is 1. The lowest BCUT2D eigenvalue weighted by Crippen LogP contribution is -2.00. The largest absolute Gasteiger partial charge is 0.355 e. The van der Waals surface area contributed by atoms with E-state index >= 15 is 0 Å². The van der Waals surface area contributed by atoms with E-state index in [1.807, 2.05) is 6.92 Å². The summed E-state index contributed by atoms with van der Waals surface area (Å²) in [7, 11) is 0. The van der Waals surface area contributed by atoms with Crippen LogP contribution >= 0.6 is 0 Å². The van der Waals surface area contributed by atoms with Crippen LogP contribution in [0.25, 0.3) is 0 Å². The summed E-state index contributed by atoms with van der Waals surface area (Å²) in [6.07, 6.45) is 5.93. The Morgan fingerprint density at radius 2 is 2.22 bits per heavy atom. The fourth-order valence-electron chi connectivity index (χ4n) is 0.363. The van der Waals surface area contributed by atoms with Gasteiger partial charge in [0.25, 0.3) is 0 Å². The molecule has 0 heterocycles. The van der Waals surface area contributed by atoms with Crippen molar-refractivity contribution in [3.8, 4) is 12.3 Å². The first kappa shape index (κ1) is 8.48. The summed E-state index contributed by atoms with van der Waals surface area (Å²) in [5.74, 6) is 2.34. The van der Waals surface area contributed by atoms with Crippen molar-refractivity contribution in [2.75, 3.05) is 20.0 Å². The Kier molecular flexibility index (Phi) is 7.05. The maximum atomic E-state index is 4.97. The molecule has 0 radical (unpaired) electrons. The molecule has 2 heteroatoms. The molecule has 2 nitrogen and oxygen atoms in total. The smallest absolute Gasteiger partial charge is 0.148 e. The maximum absolute atomic E-state index is 4.97. The summed E-state index contributed by atoms with van der Waals surface area (Å²) in [6.45, 7) is 3.44. The monoisotopic (exact) mass is 128 g/mol. The zero-order valence-electron chi connectivity index (χ0n) is 5.72. The van der Waals surface area contributed by atoms with Crippen molar-refractivity contribution in [2.24, 2.45) is 0 Å². The van der Waals surface area contributed by atoms with Gasteiger partial charge in [-0.25, -0.2) is 0 Å². The van der Waals surface area contributed by atoms with Gasteiger partial charge in [0.2, 0.25) is 0 Å². The predicted octanol–water partition coefficient (Wildman–Crippen LogP) is 1.02. The Bertz CT molecular complexity index is 83.4. The van der Waals surface area contributed by atoms with E-state index in [-0.39, 0.29) is 0 Å². The highest BCUT2D eigenvalue weighted by Crippen LogP contribution is 1.80. The molecule has 0 atom stereocenters. The molecule has 0 saturated heterocycles.